The molecule has 2 aromatic rings. The Bertz CT molecular complexity index is 532. The second-order valence-electron chi connectivity index (χ2n) is 3.59. The van der Waals surface area contributed by atoms with Crippen LogP contribution in [0.2, 0.25) is 0 Å². The van der Waals surface area contributed by atoms with Crippen molar-refractivity contribution in [2.24, 2.45) is 7.05 Å². The molecule has 0 bridgehead atoms. The van der Waals surface area contributed by atoms with Crippen molar-refractivity contribution in [1.82, 2.24) is 14.8 Å². The minimum atomic E-state index is -0.187. The Morgan fingerprint density at radius 2 is 2.25 bits per heavy atom. The zero-order valence-corrected chi connectivity index (χ0v) is 9.02. The monoisotopic (exact) mass is 217 g/mol. The molecule has 0 saturated heterocycles. The highest BCUT2D eigenvalue weighted by atomic mass is 16.1. The number of hydrogen-bond acceptors (Lipinski definition) is 3. The molecular formula is C11H11N3O2. The standard InChI is InChI=1S/C11H11N3O2/c1-7-3-10(13-14(7)2)11(16)8-4-9(6-15)12-5-8/h3-6,12H,1-2H3. The molecule has 0 spiro atoms. The Labute approximate surface area is 92.1 Å². The lowest BCUT2D eigenvalue weighted by atomic mass is 10.1. The predicted octanol–water partition coefficient (Wildman–Crippen LogP) is 1.10. The maximum Gasteiger partial charge on any atom is 0.214 e. The molecule has 0 fully saturated rings. The van der Waals surface area contributed by atoms with E-state index in [-0.39, 0.29) is 5.78 Å². The molecule has 1 N–H and O–H groups in total. The zero-order chi connectivity index (χ0) is 11.7. The fourth-order valence-corrected chi connectivity index (χ4v) is 1.43. The number of aldehydes is 1. The van der Waals surface area contributed by atoms with Gasteiger partial charge in [0.25, 0.3) is 0 Å². The smallest absolute Gasteiger partial charge is 0.214 e. The lowest BCUT2D eigenvalue weighted by Crippen LogP contribution is -2.02. The summed E-state index contributed by atoms with van der Waals surface area (Å²) in [4.78, 5) is 25.1. The first-order valence-corrected chi connectivity index (χ1v) is 4.80. The fraction of sp³-hybridized carbons (Fsp3) is 0.182. The van der Waals surface area contributed by atoms with Crippen molar-refractivity contribution in [3.05, 3.63) is 41.0 Å². The van der Waals surface area contributed by atoms with Gasteiger partial charge in [0.05, 0.1) is 5.69 Å². The van der Waals surface area contributed by atoms with Crippen LogP contribution in [0.4, 0.5) is 0 Å². The normalized spacial score (nSPS) is 10.4. The molecule has 0 aliphatic heterocycles. The van der Waals surface area contributed by atoms with Crippen LogP contribution in [0.3, 0.4) is 0 Å². The lowest BCUT2D eigenvalue weighted by Gasteiger charge is -1.91. The molecular weight excluding hydrogens is 206 g/mol. The molecule has 2 aromatic heterocycles. The molecule has 2 heterocycles. The average Bonchev–Trinajstić information content (AvgIpc) is 2.86. The molecule has 0 aliphatic rings. The van der Waals surface area contributed by atoms with Crippen LogP contribution in [0.15, 0.2) is 18.3 Å². The Kier molecular flexibility index (Phi) is 2.44. The van der Waals surface area contributed by atoms with E-state index in [9.17, 15) is 9.59 Å². The van der Waals surface area contributed by atoms with Crippen LogP contribution in [0, 0.1) is 6.92 Å². The first-order valence-electron chi connectivity index (χ1n) is 4.80. The van der Waals surface area contributed by atoms with Crippen molar-refractivity contribution >= 4 is 12.1 Å². The highest BCUT2D eigenvalue weighted by Gasteiger charge is 2.14. The van der Waals surface area contributed by atoms with Crippen LogP contribution in [0.25, 0.3) is 0 Å². The number of aromatic amines is 1. The summed E-state index contributed by atoms with van der Waals surface area (Å²) in [5.74, 6) is -0.187. The SMILES string of the molecule is Cc1cc(C(=O)c2c[nH]c(C=O)c2)nn1C. The molecule has 0 aromatic carbocycles. The second kappa shape index (κ2) is 3.77. The summed E-state index contributed by atoms with van der Waals surface area (Å²) in [6.45, 7) is 1.87. The Hall–Kier alpha value is -2.17. The second-order valence-corrected chi connectivity index (χ2v) is 3.59. The number of nitrogens with one attached hydrogen (secondary N) is 1. The van der Waals surface area contributed by atoms with Gasteiger partial charge in [0.1, 0.15) is 5.69 Å². The summed E-state index contributed by atoms with van der Waals surface area (Å²) in [6.07, 6.45) is 2.18. The highest BCUT2D eigenvalue weighted by Crippen LogP contribution is 2.10. The van der Waals surface area contributed by atoms with Gasteiger partial charge in [-0.3, -0.25) is 14.3 Å². The highest BCUT2D eigenvalue weighted by molar-refractivity contribution is 6.08. The van der Waals surface area contributed by atoms with E-state index >= 15 is 0 Å². The van der Waals surface area contributed by atoms with E-state index in [2.05, 4.69) is 10.1 Å². The molecule has 16 heavy (non-hydrogen) atoms. The van der Waals surface area contributed by atoms with Crippen LogP contribution >= 0.6 is 0 Å². The van der Waals surface area contributed by atoms with Gasteiger partial charge in [-0.2, -0.15) is 5.10 Å². The van der Waals surface area contributed by atoms with Gasteiger partial charge in [-0.25, -0.2) is 0 Å². The van der Waals surface area contributed by atoms with Crippen molar-refractivity contribution in [2.75, 3.05) is 0 Å². The Morgan fingerprint density at radius 1 is 1.50 bits per heavy atom. The first-order chi connectivity index (χ1) is 7.61. The van der Waals surface area contributed by atoms with E-state index in [1.54, 1.807) is 17.8 Å². The molecule has 0 amide bonds. The van der Waals surface area contributed by atoms with Crippen LogP contribution in [-0.4, -0.2) is 26.8 Å². The molecule has 5 nitrogen and oxygen atoms in total. The number of carbonyl (C=O) groups is 2. The predicted molar refractivity (Wildman–Crippen MR) is 57.6 cm³/mol. The van der Waals surface area contributed by atoms with E-state index in [1.807, 2.05) is 6.92 Å². The number of H-pyrrole nitrogens is 1. The van der Waals surface area contributed by atoms with Crippen LogP contribution < -0.4 is 0 Å². The molecule has 0 saturated carbocycles. The summed E-state index contributed by atoms with van der Waals surface area (Å²) >= 11 is 0. The topological polar surface area (TPSA) is 67.8 Å². The van der Waals surface area contributed by atoms with E-state index in [0.29, 0.717) is 23.2 Å². The number of rotatable bonds is 3. The molecule has 2 rings (SSSR count). The number of aryl methyl sites for hydroxylation is 2. The summed E-state index contributed by atoms with van der Waals surface area (Å²) in [5.41, 5.74) is 2.13. The first kappa shape index (κ1) is 10.4. The largest absolute Gasteiger partial charge is 0.358 e. The van der Waals surface area contributed by atoms with Gasteiger partial charge in [0, 0.05) is 24.5 Å². The van der Waals surface area contributed by atoms with Gasteiger partial charge >= 0.3 is 0 Å². The van der Waals surface area contributed by atoms with Gasteiger partial charge in [-0.05, 0) is 19.1 Å². The number of nitrogens with zero attached hydrogens (tertiary/aromatic N) is 2. The van der Waals surface area contributed by atoms with Crippen molar-refractivity contribution in [3.8, 4) is 0 Å². The maximum absolute atomic E-state index is 11.9. The molecule has 0 radical (unpaired) electrons. The van der Waals surface area contributed by atoms with E-state index in [1.165, 1.54) is 12.3 Å². The van der Waals surface area contributed by atoms with Crippen LogP contribution in [-0.2, 0) is 7.05 Å². The third-order valence-corrected chi connectivity index (χ3v) is 2.44. The van der Waals surface area contributed by atoms with Crippen molar-refractivity contribution in [2.45, 2.75) is 6.92 Å². The maximum atomic E-state index is 11.9. The van der Waals surface area contributed by atoms with Crippen molar-refractivity contribution in [3.63, 3.8) is 0 Å². The quantitative estimate of drug-likeness (QED) is 0.618. The van der Waals surface area contributed by atoms with E-state index < -0.39 is 0 Å². The Morgan fingerprint density at radius 3 is 2.75 bits per heavy atom. The number of aromatic nitrogens is 3. The average molecular weight is 217 g/mol. The van der Waals surface area contributed by atoms with Gasteiger partial charge in [0.2, 0.25) is 5.78 Å². The number of carbonyl (C=O) groups excluding carboxylic acids is 2. The summed E-state index contributed by atoms with van der Waals surface area (Å²) in [7, 11) is 1.78. The van der Waals surface area contributed by atoms with Gasteiger partial charge in [-0.15, -0.1) is 0 Å². The van der Waals surface area contributed by atoms with Crippen molar-refractivity contribution < 1.29 is 9.59 Å². The third kappa shape index (κ3) is 1.67. The molecule has 0 unspecified atom stereocenters. The number of hydrogen-bond donors (Lipinski definition) is 1. The molecule has 0 atom stereocenters. The minimum Gasteiger partial charge on any atom is -0.358 e. The summed E-state index contributed by atoms with van der Waals surface area (Å²) in [6, 6.07) is 3.23. The molecule has 82 valence electrons. The molecule has 5 heteroatoms. The van der Waals surface area contributed by atoms with Crippen LogP contribution in [0.5, 0.6) is 0 Å². The minimum absolute atomic E-state index is 0.187. The zero-order valence-electron chi connectivity index (χ0n) is 9.02. The summed E-state index contributed by atoms with van der Waals surface area (Å²) < 4.78 is 1.64. The van der Waals surface area contributed by atoms with Crippen LogP contribution in [0.1, 0.15) is 32.2 Å². The van der Waals surface area contributed by atoms with Crippen molar-refractivity contribution in [1.29, 1.82) is 0 Å². The fourth-order valence-electron chi connectivity index (χ4n) is 1.43. The summed E-state index contributed by atoms with van der Waals surface area (Å²) in [5, 5.41) is 4.09. The van der Waals surface area contributed by atoms with E-state index in [0.717, 1.165) is 5.69 Å². The third-order valence-electron chi connectivity index (χ3n) is 2.44. The number of ketones is 1. The van der Waals surface area contributed by atoms with Gasteiger partial charge in [0.15, 0.2) is 6.29 Å². The van der Waals surface area contributed by atoms with Gasteiger partial charge in [-0.1, -0.05) is 0 Å². The lowest BCUT2D eigenvalue weighted by molar-refractivity contribution is 0.103. The molecule has 0 aliphatic carbocycles. The van der Waals surface area contributed by atoms with Gasteiger partial charge < -0.3 is 4.98 Å². The van der Waals surface area contributed by atoms with E-state index in [4.69, 9.17) is 0 Å². The Balaban J connectivity index is 2.34.